The maximum atomic E-state index is 5.65. The second-order valence-electron chi connectivity index (χ2n) is 4.57. The van der Waals surface area contributed by atoms with Gasteiger partial charge in [0.25, 0.3) is 0 Å². The molecular formula is C14H23NO2. The van der Waals surface area contributed by atoms with E-state index in [9.17, 15) is 0 Å². The molecule has 3 heteroatoms. The molecule has 0 saturated heterocycles. The van der Waals surface area contributed by atoms with Gasteiger partial charge in [-0.3, -0.25) is 0 Å². The molecule has 96 valence electrons. The van der Waals surface area contributed by atoms with Crippen molar-refractivity contribution in [2.75, 3.05) is 25.6 Å². The minimum Gasteiger partial charge on any atom is -0.491 e. The van der Waals surface area contributed by atoms with Crippen molar-refractivity contribution in [1.82, 2.24) is 0 Å². The quantitative estimate of drug-likeness (QED) is 0.558. The first kappa shape index (κ1) is 13.8. The topological polar surface area (TPSA) is 44.5 Å². The zero-order valence-electron chi connectivity index (χ0n) is 10.8. The molecule has 2 N–H and O–H groups in total. The summed E-state index contributed by atoms with van der Waals surface area (Å²) in [4.78, 5) is 0. The van der Waals surface area contributed by atoms with Gasteiger partial charge in [0.1, 0.15) is 12.4 Å². The molecule has 0 heterocycles. The van der Waals surface area contributed by atoms with Crippen molar-refractivity contribution in [3.05, 3.63) is 24.3 Å². The fourth-order valence-electron chi connectivity index (χ4n) is 1.52. The van der Waals surface area contributed by atoms with E-state index in [0.717, 1.165) is 30.4 Å². The van der Waals surface area contributed by atoms with Crippen LogP contribution in [-0.2, 0) is 4.74 Å². The van der Waals surface area contributed by atoms with Crippen LogP contribution in [0.3, 0.4) is 0 Å². The summed E-state index contributed by atoms with van der Waals surface area (Å²) in [5, 5.41) is 0. The van der Waals surface area contributed by atoms with E-state index in [0.29, 0.717) is 13.2 Å². The third-order valence-electron chi connectivity index (χ3n) is 2.42. The van der Waals surface area contributed by atoms with Crippen LogP contribution in [0.2, 0.25) is 0 Å². The molecule has 0 fully saturated rings. The third-order valence-corrected chi connectivity index (χ3v) is 2.42. The van der Waals surface area contributed by atoms with Crippen molar-refractivity contribution in [2.45, 2.75) is 26.7 Å². The lowest BCUT2D eigenvalue weighted by atomic mass is 10.1. The summed E-state index contributed by atoms with van der Waals surface area (Å²) in [5.74, 6) is 1.55. The Kier molecular flexibility index (Phi) is 6.48. The molecule has 0 aliphatic carbocycles. The maximum Gasteiger partial charge on any atom is 0.121 e. The molecule has 1 aromatic carbocycles. The van der Waals surface area contributed by atoms with E-state index in [4.69, 9.17) is 15.2 Å². The van der Waals surface area contributed by atoms with Crippen LogP contribution in [0.4, 0.5) is 5.69 Å². The van der Waals surface area contributed by atoms with E-state index in [2.05, 4.69) is 13.8 Å². The van der Waals surface area contributed by atoms with E-state index < -0.39 is 0 Å². The van der Waals surface area contributed by atoms with Gasteiger partial charge in [-0.15, -0.1) is 0 Å². The van der Waals surface area contributed by atoms with Crippen molar-refractivity contribution in [1.29, 1.82) is 0 Å². The lowest BCUT2D eigenvalue weighted by Crippen LogP contribution is -2.08. The number of nitrogens with two attached hydrogens (primary N) is 1. The Morgan fingerprint density at radius 1 is 1.18 bits per heavy atom. The Labute approximate surface area is 104 Å². The van der Waals surface area contributed by atoms with E-state index >= 15 is 0 Å². The van der Waals surface area contributed by atoms with Crippen LogP contribution in [0.5, 0.6) is 5.75 Å². The number of hydrogen-bond acceptors (Lipinski definition) is 3. The van der Waals surface area contributed by atoms with Gasteiger partial charge in [0, 0.05) is 18.4 Å². The monoisotopic (exact) mass is 237 g/mol. The molecular weight excluding hydrogens is 214 g/mol. The van der Waals surface area contributed by atoms with E-state index in [1.807, 2.05) is 24.3 Å². The SMILES string of the molecule is CC(C)CCCOCCOc1cccc(N)c1. The molecule has 0 atom stereocenters. The van der Waals surface area contributed by atoms with Gasteiger partial charge in [-0.05, 0) is 30.9 Å². The predicted octanol–water partition coefficient (Wildman–Crippen LogP) is 3.10. The standard InChI is InChI=1S/C14H23NO2/c1-12(2)5-4-8-16-9-10-17-14-7-3-6-13(15)11-14/h3,6-7,11-12H,4-5,8-10,15H2,1-2H3. The Morgan fingerprint density at radius 2 is 2.00 bits per heavy atom. The Morgan fingerprint density at radius 3 is 2.71 bits per heavy atom. The molecule has 0 amide bonds. The maximum absolute atomic E-state index is 5.65. The first-order chi connectivity index (χ1) is 8.18. The van der Waals surface area contributed by atoms with Gasteiger partial charge < -0.3 is 15.2 Å². The zero-order chi connectivity index (χ0) is 12.5. The average Bonchev–Trinajstić information content (AvgIpc) is 2.27. The predicted molar refractivity (Wildman–Crippen MR) is 71.2 cm³/mol. The average molecular weight is 237 g/mol. The summed E-state index contributed by atoms with van der Waals surface area (Å²) in [6.45, 7) is 6.47. The Hall–Kier alpha value is -1.22. The minimum absolute atomic E-state index is 0.575. The van der Waals surface area contributed by atoms with Gasteiger partial charge >= 0.3 is 0 Å². The Bertz CT molecular complexity index is 313. The van der Waals surface area contributed by atoms with E-state index in [1.54, 1.807) is 0 Å². The number of hydrogen-bond donors (Lipinski definition) is 1. The van der Waals surface area contributed by atoms with Crippen molar-refractivity contribution >= 4 is 5.69 Å². The highest BCUT2D eigenvalue weighted by atomic mass is 16.5. The lowest BCUT2D eigenvalue weighted by Gasteiger charge is -2.08. The number of nitrogen functional groups attached to an aromatic ring is 1. The minimum atomic E-state index is 0.575. The smallest absolute Gasteiger partial charge is 0.121 e. The zero-order valence-corrected chi connectivity index (χ0v) is 10.8. The molecule has 17 heavy (non-hydrogen) atoms. The Balaban J connectivity index is 2.01. The van der Waals surface area contributed by atoms with Crippen molar-refractivity contribution < 1.29 is 9.47 Å². The van der Waals surface area contributed by atoms with Gasteiger partial charge in [0.15, 0.2) is 0 Å². The highest BCUT2D eigenvalue weighted by Gasteiger charge is 1.96. The van der Waals surface area contributed by atoms with Crippen molar-refractivity contribution in [2.24, 2.45) is 5.92 Å². The summed E-state index contributed by atoms with van der Waals surface area (Å²) in [5.41, 5.74) is 6.37. The van der Waals surface area contributed by atoms with E-state index in [-0.39, 0.29) is 0 Å². The summed E-state index contributed by atoms with van der Waals surface area (Å²) in [6.07, 6.45) is 2.34. The van der Waals surface area contributed by atoms with Crippen molar-refractivity contribution in [3.63, 3.8) is 0 Å². The van der Waals surface area contributed by atoms with Crippen LogP contribution < -0.4 is 10.5 Å². The van der Waals surface area contributed by atoms with Crippen LogP contribution in [0.15, 0.2) is 24.3 Å². The largest absolute Gasteiger partial charge is 0.491 e. The molecule has 0 unspecified atom stereocenters. The molecule has 0 bridgehead atoms. The molecule has 0 saturated carbocycles. The second kappa shape index (κ2) is 7.96. The summed E-state index contributed by atoms with van der Waals surface area (Å²) in [6, 6.07) is 7.44. The van der Waals surface area contributed by atoms with Crippen molar-refractivity contribution in [3.8, 4) is 5.75 Å². The normalized spacial score (nSPS) is 10.8. The molecule has 1 aromatic rings. The number of rotatable bonds is 8. The van der Waals surface area contributed by atoms with Gasteiger partial charge in [0.05, 0.1) is 6.61 Å². The molecule has 3 nitrogen and oxygen atoms in total. The first-order valence-electron chi connectivity index (χ1n) is 6.24. The fraction of sp³-hybridized carbons (Fsp3) is 0.571. The van der Waals surface area contributed by atoms with Crippen LogP contribution >= 0.6 is 0 Å². The molecule has 0 spiro atoms. The second-order valence-corrected chi connectivity index (χ2v) is 4.57. The number of benzene rings is 1. The summed E-state index contributed by atoms with van der Waals surface area (Å²) >= 11 is 0. The van der Waals surface area contributed by atoms with Gasteiger partial charge in [-0.25, -0.2) is 0 Å². The lowest BCUT2D eigenvalue weighted by molar-refractivity contribution is 0.0958. The highest BCUT2D eigenvalue weighted by molar-refractivity contribution is 5.43. The van der Waals surface area contributed by atoms with Crippen LogP contribution in [0.25, 0.3) is 0 Å². The van der Waals surface area contributed by atoms with E-state index in [1.165, 1.54) is 6.42 Å². The van der Waals surface area contributed by atoms with Crippen LogP contribution in [0, 0.1) is 5.92 Å². The highest BCUT2D eigenvalue weighted by Crippen LogP contribution is 2.14. The summed E-state index contributed by atoms with van der Waals surface area (Å²) < 4.78 is 11.0. The molecule has 0 aromatic heterocycles. The first-order valence-corrected chi connectivity index (χ1v) is 6.24. The van der Waals surface area contributed by atoms with Gasteiger partial charge in [-0.1, -0.05) is 19.9 Å². The summed E-state index contributed by atoms with van der Waals surface area (Å²) in [7, 11) is 0. The molecule has 0 radical (unpaired) electrons. The fourth-order valence-corrected chi connectivity index (χ4v) is 1.52. The molecule has 0 aliphatic rings. The number of ether oxygens (including phenoxy) is 2. The molecule has 1 rings (SSSR count). The van der Waals surface area contributed by atoms with Crippen LogP contribution in [-0.4, -0.2) is 19.8 Å². The van der Waals surface area contributed by atoms with Crippen LogP contribution in [0.1, 0.15) is 26.7 Å². The number of anilines is 1. The van der Waals surface area contributed by atoms with Gasteiger partial charge in [0.2, 0.25) is 0 Å². The molecule has 0 aliphatic heterocycles. The third kappa shape index (κ3) is 6.84. The van der Waals surface area contributed by atoms with Gasteiger partial charge in [-0.2, -0.15) is 0 Å².